The molecule has 4 nitrogen and oxygen atoms in total. The molecule has 1 rings (SSSR count). The molecule has 14 heavy (non-hydrogen) atoms. The minimum Gasteiger partial charge on any atom is -0.496 e. The number of hydrogen-bond acceptors (Lipinski definition) is 3. The van der Waals surface area contributed by atoms with Crippen LogP contribution in [0.25, 0.3) is 0 Å². The number of carboxylic acids is 1. The summed E-state index contributed by atoms with van der Waals surface area (Å²) in [5, 5.41) is 8.54. The van der Waals surface area contributed by atoms with Crippen molar-refractivity contribution in [1.82, 2.24) is 0 Å². The molecule has 0 unspecified atom stereocenters. The summed E-state index contributed by atoms with van der Waals surface area (Å²) in [6.07, 6.45) is 0.517. The summed E-state index contributed by atoms with van der Waals surface area (Å²) in [6.45, 7) is 0. The maximum atomic E-state index is 10.4. The Kier molecular flexibility index (Phi) is 3.34. The van der Waals surface area contributed by atoms with Crippen LogP contribution in [0, 0.1) is 0 Å². The highest BCUT2D eigenvalue weighted by atomic mass is 16.5. The van der Waals surface area contributed by atoms with E-state index in [-0.39, 0.29) is 6.42 Å². The van der Waals surface area contributed by atoms with Gasteiger partial charge in [-0.25, -0.2) is 0 Å². The standard InChI is InChI=1S/C10H13NO3/c1-14-9-4-3-8(11)6-7(9)2-5-10(12)13/h3-4,6H,2,5,11H2,1H3,(H,12,13). The second-order valence-electron chi connectivity index (χ2n) is 2.97. The average molecular weight is 195 g/mol. The molecule has 0 radical (unpaired) electrons. The number of rotatable bonds is 4. The zero-order valence-corrected chi connectivity index (χ0v) is 7.99. The number of nitrogens with two attached hydrogens (primary N) is 1. The minimum absolute atomic E-state index is 0.0831. The Hall–Kier alpha value is -1.71. The van der Waals surface area contributed by atoms with Crippen LogP contribution in [-0.2, 0) is 11.2 Å². The number of nitrogen functional groups attached to an aromatic ring is 1. The van der Waals surface area contributed by atoms with Crippen LogP contribution in [0.5, 0.6) is 5.75 Å². The van der Waals surface area contributed by atoms with E-state index in [9.17, 15) is 4.79 Å². The van der Waals surface area contributed by atoms with E-state index >= 15 is 0 Å². The highest BCUT2D eigenvalue weighted by Crippen LogP contribution is 2.22. The Bertz CT molecular complexity index is 336. The van der Waals surface area contributed by atoms with Crippen LogP contribution in [0.3, 0.4) is 0 Å². The van der Waals surface area contributed by atoms with Gasteiger partial charge in [-0.2, -0.15) is 0 Å². The first kappa shape index (κ1) is 10.4. The molecule has 0 aliphatic carbocycles. The van der Waals surface area contributed by atoms with Gasteiger partial charge in [0.15, 0.2) is 0 Å². The van der Waals surface area contributed by atoms with E-state index in [0.717, 1.165) is 5.56 Å². The molecule has 0 aliphatic heterocycles. The predicted molar refractivity (Wildman–Crippen MR) is 53.4 cm³/mol. The van der Waals surface area contributed by atoms with Gasteiger partial charge in [0.05, 0.1) is 7.11 Å². The largest absolute Gasteiger partial charge is 0.496 e. The van der Waals surface area contributed by atoms with Crippen LogP contribution in [0.1, 0.15) is 12.0 Å². The molecule has 0 fully saturated rings. The third-order valence-corrected chi connectivity index (χ3v) is 1.91. The SMILES string of the molecule is COc1ccc(N)cc1CCC(=O)O. The van der Waals surface area contributed by atoms with Gasteiger partial charge < -0.3 is 15.6 Å². The van der Waals surface area contributed by atoms with Crippen LogP contribution >= 0.6 is 0 Å². The first-order chi connectivity index (χ1) is 6.63. The molecular weight excluding hydrogens is 182 g/mol. The number of aliphatic carboxylic acids is 1. The summed E-state index contributed by atoms with van der Waals surface area (Å²) in [7, 11) is 1.55. The summed E-state index contributed by atoms with van der Waals surface area (Å²) in [5.74, 6) is -0.144. The number of carbonyl (C=O) groups is 1. The number of methoxy groups -OCH3 is 1. The lowest BCUT2D eigenvalue weighted by Gasteiger charge is -2.07. The normalized spacial score (nSPS) is 9.79. The van der Waals surface area contributed by atoms with Gasteiger partial charge in [0.25, 0.3) is 0 Å². The molecule has 0 bridgehead atoms. The van der Waals surface area contributed by atoms with Crippen LogP contribution in [-0.4, -0.2) is 18.2 Å². The van der Waals surface area contributed by atoms with Crippen molar-refractivity contribution >= 4 is 11.7 Å². The smallest absolute Gasteiger partial charge is 0.303 e. The lowest BCUT2D eigenvalue weighted by Crippen LogP contribution is -2.00. The molecule has 4 heteroatoms. The van der Waals surface area contributed by atoms with Gasteiger partial charge in [-0.1, -0.05) is 0 Å². The molecule has 3 N–H and O–H groups in total. The fourth-order valence-electron chi connectivity index (χ4n) is 1.24. The van der Waals surface area contributed by atoms with Crippen molar-refractivity contribution in [2.24, 2.45) is 0 Å². The summed E-state index contributed by atoms with van der Waals surface area (Å²) in [5.41, 5.74) is 7.03. The first-order valence-corrected chi connectivity index (χ1v) is 4.27. The fourth-order valence-corrected chi connectivity index (χ4v) is 1.24. The molecule has 1 aromatic rings. The number of ether oxygens (including phenoxy) is 1. The molecule has 0 atom stereocenters. The molecule has 0 saturated carbocycles. The quantitative estimate of drug-likeness (QED) is 0.710. The second-order valence-corrected chi connectivity index (χ2v) is 2.97. The van der Waals surface area contributed by atoms with Gasteiger partial charge in [0.2, 0.25) is 0 Å². The van der Waals surface area contributed by atoms with Crippen molar-refractivity contribution in [2.75, 3.05) is 12.8 Å². The van der Waals surface area contributed by atoms with Gasteiger partial charge in [-0.15, -0.1) is 0 Å². The van der Waals surface area contributed by atoms with E-state index in [0.29, 0.717) is 17.9 Å². The lowest BCUT2D eigenvalue weighted by molar-refractivity contribution is -0.136. The zero-order chi connectivity index (χ0) is 10.6. The molecule has 0 aliphatic rings. The molecule has 0 amide bonds. The van der Waals surface area contributed by atoms with E-state index in [2.05, 4.69) is 0 Å². The average Bonchev–Trinajstić information content (AvgIpc) is 2.15. The number of anilines is 1. The third-order valence-electron chi connectivity index (χ3n) is 1.91. The Labute approximate surface area is 82.3 Å². The van der Waals surface area contributed by atoms with Crippen LogP contribution < -0.4 is 10.5 Å². The molecule has 0 saturated heterocycles. The maximum absolute atomic E-state index is 10.4. The molecule has 0 spiro atoms. The number of aryl methyl sites for hydroxylation is 1. The van der Waals surface area contributed by atoms with Crippen molar-refractivity contribution < 1.29 is 14.6 Å². The van der Waals surface area contributed by atoms with E-state index in [1.54, 1.807) is 25.3 Å². The Balaban J connectivity index is 2.82. The van der Waals surface area contributed by atoms with Crippen molar-refractivity contribution in [3.63, 3.8) is 0 Å². The van der Waals surface area contributed by atoms with E-state index < -0.39 is 5.97 Å². The number of hydrogen-bond donors (Lipinski definition) is 2. The van der Waals surface area contributed by atoms with Crippen LogP contribution in [0.2, 0.25) is 0 Å². The molecule has 76 valence electrons. The van der Waals surface area contributed by atoms with Gasteiger partial charge in [0, 0.05) is 12.1 Å². The molecule has 0 heterocycles. The first-order valence-electron chi connectivity index (χ1n) is 4.27. The fraction of sp³-hybridized carbons (Fsp3) is 0.300. The summed E-state index contributed by atoms with van der Waals surface area (Å²) < 4.78 is 5.08. The van der Waals surface area contributed by atoms with Gasteiger partial charge in [-0.3, -0.25) is 4.79 Å². The lowest BCUT2D eigenvalue weighted by atomic mass is 10.1. The Morgan fingerprint density at radius 1 is 1.57 bits per heavy atom. The zero-order valence-electron chi connectivity index (χ0n) is 7.99. The van der Waals surface area contributed by atoms with Crippen LogP contribution in [0.15, 0.2) is 18.2 Å². The summed E-state index contributed by atoms with van der Waals surface area (Å²) in [6, 6.07) is 5.21. The maximum Gasteiger partial charge on any atom is 0.303 e. The summed E-state index contributed by atoms with van der Waals surface area (Å²) in [4.78, 5) is 10.4. The summed E-state index contributed by atoms with van der Waals surface area (Å²) >= 11 is 0. The van der Waals surface area contributed by atoms with Crippen molar-refractivity contribution in [1.29, 1.82) is 0 Å². The number of benzene rings is 1. The highest BCUT2D eigenvalue weighted by molar-refractivity contribution is 5.67. The minimum atomic E-state index is -0.825. The van der Waals surface area contributed by atoms with E-state index in [1.807, 2.05) is 0 Å². The van der Waals surface area contributed by atoms with Crippen LogP contribution in [0.4, 0.5) is 5.69 Å². The van der Waals surface area contributed by atoms with E-state index in [1.165, 1.54) is 0 Å². The third kappa shape index (κ3) is 2.65. The highest BCUT2D eigenvalue weighted by Gasteiger charge is 2.05. The predicted octanol–water partition coefficient (Wildman–Crippen LogP) is 1.29. The number of carboxylic acid groups (broad SMARTS) is 1. The molecule has 0 aromatic heterocycles. The Morgan fingerprint density at radius 3 is 2.86 bits per heavy atom. The Morgan fingerprint density at radius 2 is 2.29 bits per heavy atom. The molecular formula is C10H13NO3. The van der Waals surface area contributed by atoms with Crippen molar-refractivity contribution in [3.05, 3.63) is 23.8 Å². The van der Waals surface area contributed by atoms with Gasteiger partial charge in [0.1, 0.15) is 5.75 Å². The van der Waals surface area contributed by atoms with Gasteiger partial charge in [-0.05, 0) is 30.2 Å². The van der Waals surface area contributed by atoms with Crippen molar-refractivity contribution in [2.45, 2.75) is 12.8 Å². The van der Waals surface area contributed by atoms with Gasteiger partial charge >= 0.3 is 5.97 Å². The monoisotopic (exact) mass is 195 g/mol. The molecule has 1 aromatic carbocycles. The second kappa shape index (κ2) is 4.50. The topological polar surface area (TPSA) is 72.5 Å². The van der Waals surface area contributed by atoms with Crippen molar-refractivity contribution in [3.8, 4) is 5.75 Å². The van der Waals surface area contributed by atoms with E-state index in [4.69, 9.17) is 15.6 Å².